The molecule has 7 heteroatoms. The third kappa shape index (κ3) is 4.60. The topological polar surface area (TPSA) is 73.7 Å². The number of rotatable bonds is 7. The molecule has 1 heterocycles. The molecule has 0 aliphatic carbocycles. The van der Waals surface area contributed by atoms with Gasteiger partial charge in [0.05, 0.1) is 19.9 Å². The van der Waals surface area contributed by atoms with Gasteiger partial charge < -0.3 is 19.3 Å². The molecule has 162 valence electrons. The summed E-state index contributed by atoms with van der Waals surface area (Å²) < 4.78 is 16.5. The standard InChI is InChI=1S/C25H21ClN2O4/c1-30-23-10-5-17(11-24(23)31-2)21-13-27-15-28-25(21)20-9-8-19(12-22(20)29)32-14-16-3-6-18(26)7-4-16/h3-13,15,29H,14H2,1-2H3. The van der Waals surface area contributed by atoms with Crippen molar-refractivity contribution in [2.24, 2.45) is 0 Å². The monoisotopic (exact) mass is 448 g/mol. The van der Waals surface area contributed by atoms with Crippen molar-refractivity contribution in [2.75, 3.05) is 14.2 Å². The summed E-state index contributed by atoms with van der Waals surface area (Å²) in [5.41, 5.74) is 3.72. The van der Waals surface area contributed by atoms with Gasteiger partial charge in [-0.2, -0.15) is 0 Å². The summed E-state index contributed by atoms with van der Waals surface area (Å²) in [7, 11) is 3.17. The lowest BCUT2D eigenvalue weighted by atomic mass is 9.99. The van der Waals surface area contributed by atoms with Crippen LogP contribution in [0.25, 0.3) is 22.4 Å². The lowest BCUT2D eigenvalue weighted by molar-refractivity contribution is 0.304. The van der Waals surface area contributed by atoms with E-state index in [1.807, 2.05) is 42.5 Å². The number of aromatic nitrogens is 2. The second-order valence-electron chi connectivity index (χ2n) is 6.95. The van der Waals surface area contributed by atoms with Crippen LogP contribution in [0.15, 0.2) is 73.2 Å². The van der Waals surface area contributed by atoms with Crippen LogP contribution in [0.5, 0.6) is 23.0 Å². The Morgan fingerprint density at radius 1 is 0.875 bits per heavy atom. The van der Waals surface area contributed by atoms with Gasteiger partial charge in [-0.3, -0.25) is 0 Å². The zero-order valence-electron chi connectivity index (χ0n) is 17.6. The zero-order chi connectivity index (χ0) is 22.5. The molecular formula is C25H21ClN2O4. The highest BCUT2D eigenvalue weighted by Gasteiger charge is 2.15. The third-order valence-electron chi connectivity index (χ3n) is 4.95. The quantitative estimate of drug-likeness (QED) is 0.387. The number of halogens is 1. The van der Waals surface area contributed by atoms with Crippen molar-refractivity contribution in [3.63, 3.8) is 0 Å². The maximum Gasteiger partial charge on any atom is 0.161 e. The SMILES string of the molecule is COc1ccc(-c2cncnc2-c2ccc(OCc3ccc(Cl)cc3)cc2O)cc1OC. The smallest absolute Gasteiger partial charge is 0.161 e. The molecule has 0 saturated heterocycles. The first-order valence-corrected chi connectivity index (χ1v) is 10.2. The summed E-state index contributed by atoms with van der Waals surface area (Å²) in [6, 6.07) is 18.1. The first kappa shape index (κ1) is 21.5. The van der Waals surface area contributed by atoms with Crippen molar-refractivity contribution in [2.45, 2.75) is 6.61 Å². The van der Waals surface area contributed by atoms with Crippen molar-refractivity contribution in [1.29, 1.82) is 0 Å². The molecule has 1 N–H and O–H groups in total. The fourth-order valence-corrected chi connectivity index (χ4v) is 3.43. The second kappa shape index (κ2) is 9.58. The van der Waals surface area contributed by atoms with Crippen molar-refractivity contribution >= 4 is 11.6 Å². The van der Waals surface area contributed by atoms with Gasteiger partial charge in [-0.1, -0.05) is 29.8 Å². The Kier molecular flexibility index (Phi) is 6.42. The van der Waals surface area contributed by atoms with Crippen LogP contribution in [0.1, 0.15) is 5.56 Å². The fraction of sp³-hybridized carbons (Fsp3) is 0.120. The van der Waals surface area contributed by atoms with Crippen LogP contribution in [-0.4, -0.2) is 29.3 Å². The molecule has 0 aliphatic heterocycles. The molecule has 0 atom stereocenters. The highest BCUT2D eigenvalue weighted by molar-refractivity contribution is 6.30. The van der Waals surface area contributed by atoms with E-state index in [9.17, 15) is 5.11 Å². The molecule has 4 aromatic rings. The number of nitrogens with zero attached hydrogens (tertiary/aromatic N) is 2. The second-order valence-corrected chi connectivity index (χ2v) is 7.39. The minimum atomic E-state index is 0.0547. The fourth-order valence-electron chi connectivity index (χ4n) is 3.31. The molecule has 0 radical (unpaired) electrons. The summed E-state index contributed by atoms with van der Waals surface area (Å²) in [6.07, 6.45) is 3.15. The van der Waals surface area contributed by atoms with Crippen LogP contribution in [0.4, 0.5) is 0 Å². The molecule has 0 amide bonds. The van der Waals surface area contributed by atoms with Gasteiger partial charge in [0.2, 0.25) is 0 Å². The van der Waals surface area contributed by atoms with Crippen molar-refractivity contribution in [1.82, 2.24) is 9.97 Å². The Labute approximate surface area is 191 Å². The highest BCUT2D eigenvalue weighted by atomic mass is 35.5. The number of phenols is 1. The van der Waals surface area contributed by atoms with E-state index in [0.717, 1.165) is 16.7 Å². The summed E-state index contributed by atoms with van der Waals surface area (Å²) in [5, 5.41) is 11.4. The van der Waals surface area contributed by atoms with Crippen LogP contribution in [0.2, 0.25) is 5.02 Å². The minimum absolute atomic E-state index is 0.0547. The molecule has 0 bridgehead atoms. The Bertz CT molecular complexity index is 1230. The van der Waals surface area contributed by atoms with E-state index in [-0.39, 0.29) is 5.75 Å². The number of hydrogen-bond acceptors (Lipinski definition) is 6. The summed E-state index contributed by atoms with van der Waals surface area (Å²) in [6.45, 7) is 0.361. The van der Waals surface area contributed by atoms with Gasteiger partial charge in [-0.05, 0) is 47.5 Å². The lowest BCUT2D eigenvalue weighted by Gasteiger charge is -2.13. The third-order valence-corrected chi connectivity index (χ3v) is 5.20. The molecule has 1 aromatic heterocycles. The Morgan fingerprint density at radius 3 is 2.38 bits per heavy atom. The van der Waals surface area contributed by atoms with Gasteiger partial charge in [0.1, 0.15) is 24.4 Å². The molecule has 0 fully saturated rings. The number of aromatic hydroxyl groups is 1. The first-order chi connectivity index (χ1) is 15.6. The predicted molar refractivity (Wildman–Crippen MR) is 123 cm³/mol. The summed E-state index contributed by atoms with van der Waals surface area (Å²) in [5.74, 6) is 1.82. The minimum Gasteiger partial charge on any atom is -0.507 e. The van der Waals surface area contributed by atoms with Gasteiger partial charge in [-0.25, -0.2) is 9.97 Å². The van der Waals surface area contributed by atoms with E-state index < -0.39 is 0 Å². The van der Waals surface area contributed by atoms with Crippen molar-refractivity contribution in [3.05, 3.63) is 83.8 Å². The maximum atomic E-state index is 10.7. The number of ether oxygens (including phenoxy) is 3. The number of methoxy groups -OCH3 is 2. The number of benzene rings is 3. The van der Waals surface area contributed by atoms with Crippen molar-refractivity contribution < 1.29 is 19.3 Å². The van der Waals surface area contributed by atoms with Gasteiger partial charge in [0, 0.05) is 28.4 Å². The van der Waals surface area contributed by atoms with E-state index >= 15 is 0 Å². The van der Waals surface area contributed by atoms with Crippen LogP contribution < -0.4 is 14.2 Å². The normalized spacial score (nSPS) is 10.6. The largest absolute Gasteiger partial charge is 0.507 e. The van der Waals surface area contributed by atoms with E-state index in [2.05, 4.69) is 9.97 Å². The summed E-state index contributed by atoms with van der Waals surface area (Å²) >= 11 is 5.92. The van der Waals surface area contributed by atoms with E-state index in [0.29, 0.717) is 40.1 Å². The van der Waals surface area contributed by atoms with Crippen LogP contribution in [0.3, 0.4) is 0 Å². The lowest BCUT2D eigenvalue weighted by Crippen LogP contribution is -1.96. The molecule has 6 nitrogen and oxygen atoms in total. The van der Waals surface area contributed by atoms with Gasteiger partial charge >= 0.3 is 0 Å². The Morgan fingerprint density at radius 2 is 1.66 bits per heavy atom. The van der Waals surface area contributed by atoms with Gasteiger partial charge in [0.25, 0.3) is 0 Å². The molecule has 4 rings (SSSR count). The molecule has 0 aliphatic rings. The van der Waals surface area contributed by atoms with Crippen LogP contribution >= 0.6 is 11.6 Å². The Balaban J connectivity index is 1.62. The van der Waals surface area contributed by atoms with E-state index in [1.165, 1.54) is 6.33 Å². The first-order valence-electron chi connectivity index (χ1n) is 9.82. The van der Waals surface area contributed by atoms with Crippen LogP contribution in [0, 0.1) is 0 Å². The van der Waals surface area contributed by atoms with Crippen molar-refractivity contribution in [3.8, 4) is 45.4 Å². The average molecular weight is 449 g/mol. The molecule has 32 heavy (non-hydrogen) atoms. The van der Waals surface area contributed by atoms with E-state index in [1.54, 1.807) is 38.6 Å². The van der Waals surface area contributed by atoms with E-state index in [4.69, 9.17) is 25.8 Å². The molecular weight excluding hydrogens is 428 g/mol. The van der Waals surface area contributed by atoms with Crippen LogP contribution in [-0.2, 0) is 6.61 Å². The van der Waals surface area contributed by atoms with Gasteiger partial charge in [0.15, 0.2) is 11.5 Å². The summed E-state index contributed by atoms with van der Waals surface area (Å²) in [4.78, 5) is 8.58. The predicted octanol–water partition coefficient (Wildman–Crippen LogP) is 5.77. The molecule has 0 saturated carbocycles. The molecule has 0 unspecified atom stereocenters. The number of hydrogen-bond donors (Lipinski definition) is 1. The molecule has 0 spiro atoms. The zero-order valence-corrected chi connectivity index (χ0v) is 18.3. The average Bonchev–Trinajstić information content (AvgIpc) is 2.83. The Hall–Kier alpha value is -3.77. The maximum absolute atomic E-state index is 10.7. The van der Waals surface area contributed by atoms with Gasteiger partial charge in [-0.15, -0.1) is 0 Å². The highest BCUT2D eigenvalue weighted by Crippen LogP contribution is 2.39. The molecule has 3 aromatic carbocycles. The number of phenolic OH excluding ortho intramolecular Hbond substituents is 1.